The standard InChI is InChI=1S/C30H39N5O2/c1-21-17-26(34(19-21)20-31)29(37)35(25-14-12-23(13-15-25)30(2,3)4)27(22-9-8-16-32-18-22)28(36)33-24-10-6-5-7-11-24/h8-9,12-16,18,21,24,26-27H,5-7,10-11,17,19H2,1-4H3,(H,33,36)/t21-,26+,27+/m0/s1. The zero-order valence-corrected chi connectivity index (χ0v) is 22.5. The minimum atomic E-state index is -0.889. The highest BCUT2D eigenvalue weighted by atomic mass is 16.2. The average molecular weight is 502 g/mol. The van der Waals surface area contributed by atoms with E-state index >= 15 is 0 Å². The first-order valence-electron chi connectivity index (χ1n) is 13.5. The summed E-state index contributed by atoms with van der Waals surface area (Å²) in [5.74, 6) is -0.226. The van der Waals surface area contributed by atoms with Crippen LogP contribution in [-0.4, -0.2) is 40.3 Å². The Labute approximate surface area is 220 Å². The number of nitrogens with zero attached hydrogens (tertiary/aromatic N) is 4. The molecule has 0 bridgehead atoms. The number of hydrogen-bond acceptors (Lipinski definition) is 5. The zero-order valence-electron chi connectivity index (χ0n) is 22.5. The third-order valence-corrected chi connectivity index (χ3v) is 7.63. The van der Waals surface area contributed by atoms with Gasteiger partial charge in [0.2, 0.25) is 5.91 Å². The molecule has 2 heterocycles. The summed E-state index contributed by atoms with van der Waals surface area (Å²) in [6, 6.07) is 10.1. The van der Waals surface area contributed by atoms with Crippen molar-refractivity contribution in [3.63, 3.8) is 0 Å². The fraction of sp³-hybridized carbons (Fsp3) is 0.533. The summed E-state index contributed by atoms with van der Waals surface area (Å²) in [4.78, 5) is 35.7. The molecule has 2 fully saturated rings. The minimum Gasteiger partial charge on any atom is -0.351 e. The monoisotopic (exact) mass is 501 g/mol. The Bertz CT molecular complexity index is 1110. The lowest BCUT2D eigenvalue weighted by atomic mass is 9.87. The molecule has 1 aromatic carbocycles. The van der Waals surface area contributed by atoms with Crippen LogP contribution in [0.3, 0.4) is 0 Å². The van der Waals surface area contributed by atoms with Gasteiger partial charge in [-0.15, -0.1) is 0 Å². The van der Waals surface area contributed by atoms with Crippen LogP contribution in [0.4, 0.5) is 5.69 Å². The van der Waals surface area contributed by atoms with Crippen molar-refractivity contribution in [2.24, 2.45) is 5.92 Å². The molecule has 0 unspecified atom stereocenters. The summed E-state index contributed by atoms with van der Waals surface area (Å²) in [5, 5.41) is 13.0. The van der Waals surface area contributed by atoms with Crippen molar-refractivity contribution in [2.75, 3.05) is 11.4 Å². The summed E-state index contributed by atoms with van der Waals surface area (Å²) in [5.41, 5.74) is 2.38. The molecule has 7 heteroatoms. The Kier molecular flexibility index (Phi) is 8.16. The molecule has 7 nitrogen and oxygen atoms in total. The van der Waals surface area contributed by atoms with E-state index in [-0.39, 0.29) is 29.2 Å². The topological polar surface area (TPSA) is 89.3 Å². The van der Waals surface area contributed by atoms with E-state index in [0.29, 0.717) is 24.2 Å². The molecule has 1 aliphatic heterocycles. The van der Waals surface area contributed by atoms with Crippen molar-refractivity contribution >= 4 is 17.5 Å². The molecule has 1 aromatic heterocycles. The summed E-state index contributed by atoms with van der Waals surface area (Å²) in [6.07, 6.45) is 11.4. The van der Waals surface area contributed by atoms with Gasteiger partial charge < -0.3 is 5.32 Å². The maximum Gasteiger partial charge on any atom is 0.251 e. The van der Waals surface area contributed by atoms with Crippen LogP contribution in [0.2, 0.25) is 0 Å². The SMILES string of the molecule is C[C@H]1C[C@H](C(=O)N(c2ccc(C(C)(C)C)cc2)[C@@H](C(=O)NC2CCCCC2)c2cccnc2)N(C#N)C1. The molecule has 1 aliphatic carbocycles. The largest absolute Gasteiger partial charge is 0.351 e. The van der Waals surface area contributed by atoms with Crippen LogP contribution in [-0.2, 0) is 15.0 Å². The van der Waals surface area contributed by atoms with Crippen LogP contribution in [0.15, 0.2) is 48.8 Å². The van der Waals surface area contributed by atoms with E-state index < -0.39 is 12.1 Å². The fourth-order valence-corrected chi connectivity index (χ4v) is 5.56. The summed E-state index contributed by atoms with van der Waals surface area (Å²) >= 11 is 0. The maximum atomic E-state index is 14.3. The quantitative estimate of drug-likeness (QED) is 0.557. The first kappa shape index (κ1) is 26.7. The predicted octanol–water partition coefficient (Wildman–Crippen LogP) is 5.09. The van der Waals surface area contributed by atoms with E-state index in [1.54, 1.807) is 28.3 Å². The number of pyridine rings is 1. The van der Waals surface area contributed by atoms with Crippen molar-refractivity contribution in [1.82, 2.24) is 15.2 Å². The summed E-state index contributed by atoms with van der Waals surface area (Å²) < 4.78 is 0. The van der Waals surface area contributed by atoms with Gasteiger partial charge in [-0.3, -0.25) is 24.4 Å². The number of nitriles is 1. The number of hydrogen-bond donors (Lipinski definition) is 1. The van der Waals surface area contributed by atoms with Crippen molar-refractivity contribution in [3.8, 4) is 6.19 Å². The number of likely N-dealkylation sites (tertiary alicyclic amines) is 1. The third-order valence-electron chi connectivity index (χ3n) is 7.63. The van der Waals surface area contributed by atoms with E-state index in [9.17, 15) is 14.9 Å². The number of benzene rings is 1. The van der Waals surface area contributed by atoms with Crippen molar-refractivity contribution in [1.29, 1.82) is 5.26 Å². The number of aromatic nitrogens is 1. The Balaban J connectivity index is 1.78. The van der Waals surface area contributed by atoms with Crippen LogP contribution >= 0.6 is 0 Å². The zero-order chi connectivity index (χ0) is 26.6. The second kappa shape index (κ2) is 11.3. The predicted molar refractivity (Wildman–Crippen MR) is 145 cm³/mol. The molecule has 37 heavy (non-hydrogen) atoms. The summed E-state index contributed by atoms with van der Waals surface area (Å²) in [7, 11) is 0. The molecular weight excluding hydrogens is 462 g/mol. The molecule has 1 N–H and O–H groups in total. The van der Waals surface area contributed by atoms with E-state index in [1.165, 1.54) is 6.42 Å². The van der Waals surface area contributed by atoms with E-state index in [2.05, 4.69) is 44.2 Å². The van der Waals surface area contributed by atoms with Gasteiger partial charge in [-0.05, 0) is 54.4 Å². The van der Waals surface area contributed by atoms with Gasteiger partial charge >= 0.3 is 0 Å². The van der Waals surface area contributed by atoms with Gasteiger partial charge in [0.25, 0.3) is 5.91 Å². The fourth-order valence-electron chi connectivity index (χ4n) is 5.56. The van der Waals surface area contributed by atoms with Crippen molar-refractivity contribution in [3.05, 3.63) is 59.9 Å². The highest BCUT2D eigenvalue weighted by Crippen LogP contribution is 2.34. The van der Waals surface area contributed by atoms with E-state index in [0.717, 1.165) is 31.2 Å². The van der Waals surface area contributed by atoms with Crippen LogP contribution in [0.1, 0.15) is 83.4 Å². The minimum absolute atomic E-state index is 0.0486. The first-order chi connectivity index (χ1) is 17.7. The molecule has 2 amide bonds. The lowest BCUT2D eigenvalue weighted by Crippen LogP contribution is -2.51. The Morgan fingerprint density at radius 2 is 1.84 bits per heavy atom. The molecular formula is C30H39N5O2. The number of anilines is 1. The van der Waals surface area contributed by atoms with Gasteiger partial charge in [0, 0.05) is 36.2 Å². The smallest absolute Gasteiger partial charge is 0.251 e. The molecule has 1 saturated carbocycles. The van der Waals surface area contributed by atoms with Crippen LogP contribution in [0, 0.1) is 17.4 Å². The maximum absolute atomic E-state index is 14.3. The Hall–Kier alpha value is -3.40. The van der Waals surface area contributed by atoms with Gasteiger partial charge in [0.1, 0.15) is 12.1 Å². The molecule has 0 radical (unpaired) electrons. The van der Waals surface area contributed by atoms with Crippen molar-refractivity contribution < 1.29 is 9.59 Å². The number of amides is 2. The molecule has 4 rings (SSSR count). The summed E-state index contributed by atoms with van der Waals surface area (Å²) in [6.45, 7) is 9.02. The third kappa shape index (κ3) is 6.12. The van der Waals surface area contributed by atoms with Gasteiger partial charge in [-0.25, -0.2) is 0 Å². The molecule has 3 atom stereocenters. The van der Waals surface area contributed by atoms with Crippen molar-refractivity contribution in [2.45, 2.75) is 89.8 Å². The van der Waals surface area contributed by atoms with Crippen LogP contribution in [0.25, 0.3) is 0 Å². The Morgan fingerprint density at radius 3 is 2.43 bits per heavy atom. The average Bonchev–Trinajstić information content (AvgIpc) is 3.28. The van der Waals surface area contributed by atoms with Gasteiger partial charge in [-0.2, -0.15) is 5.26 Å². The highest BCUT2D eigenvalue weighted by molar-refractivity contribution is 6.04. The number of rotatable bonds is 6. The van der Waals surface area contributed by atoms with Crippen LogP contribution in [0.5, 0.6) is 0 Å². The molecule has 2 aromatic rings. The first-order valence-corrected chi connectivity index (χ1v) is 13.5. The van der Waals surface area contributed by atoms with Gasteiger partial charge in [-0.1, -0.05) is 65.2 Å². The number of nitrogens with one attached hydrogen (secondary N) is 1. The second-order valence-electron chi connectivity index (χ2n) is 11.6. The highest BCUT2D eigenvalue weighted by Gasteiger charge is 2.42. The molecule has 0 spiro atoms. The lowest BCUT2D eigenvalue weighted by Gasteiger charge is -2.35. The second-order valence-corrected chi connectivity index (χ2v) is 11.6. The van der Waals surface area contributed by atoms with Gasteiger partial charge in [0.05, 0.1) is 0 Å². The van der Waals surface area contributed by atoms with Gasteiger partial charge in [0.15, 0.2) is 6.19 Å². The number of carbonyl (C=O) groups is 2. The number of carbonyl (C=O) groups excluding carboxylic acids is 2. The normalized spacial score (nSPS) is 21.2. The molecule has 1 saturated heterocycles. The molecule has 2 aliphatic rings. The van der Waals surface area contributed by atoms with E-state index in [4.69, 9.17) is 0 Å². The van der Waals surface area contributed by atoms with Crippen LogP contribution < -0.4 is 10.2 Å². The lowest BCUT2D eigenvalue weighted by molar-refractivity contribution is -0.128. The molecule has 196 valence electrons. The van der Waals surface area contributed by atoms with E-state index in [1.807, 2.05) is 30.3 Å². The Morgan fingerprint density at radius 1 is 1.14 bits per heavy atom.